The highest BCUT2D eigenvalue weighted by molar-refractivity contribution is 7.93. The molecule has 0 saturated heterocycles. The first kappa shape index (κ1) is 17.4. The minimum absolute atomic E-state index is 0.0284. The van der Waals surface area contributed by atoms with Crippen LogP contribution in [0.2, 0.25) is 0 Å². The third kappa shape index (κ3) is 3.49. The van der Waals surface area contributed by atoms with Crippen molar-refractivity contribution in [2.75, 3.05) is 24.9 Å². The molecular weight excluding hydrogens is 370 g/mol. The zero-order chi connectivity index (χ0) is 18.2. The van der Waals surface area contributed by atoms with Crippen molar-refractivity contribution in [3.63, 3.8) is 0 Å². The van der Waals surface area contributed by atoms with Crippen LogP contribution in [0, 0.1) is 0 Å². The second-order valence-electron chi connectivity index (χ2n) is 5.26. The van der Waals surface area contributed by atoms with Crippen molar-refractivity contribution in [3.8, 4) is 17.2 Å². The molecule has 0 unspecified atom stereocenters. The Labute approximate surface area is 145 Å². The Morgan fingerprint density at radius 1 is 1.00 bits per heavy atom. The van der Waals surface area contributed by atoms with Crippen molar-refractivity contribution in [1.82, 2.24) is 0 Å². The van der Waals surface area contributed by atoms with Crippen LogP contribution < -0.4 is 18.9 Å². The molecule has 0 aromatic heterocycles. The van der Waals surface area contributed by atoms with Crippen molar-refractivity contribution in [1.29, 1.82) is 0 Å². The van der Waals surface area contributed by atoms with Gasteiger partial charge >= 0.3 is 0 Å². The van der Waals surface area contributed by atoms with E-state index < -0.39 is 19.9 Å². The number of nitrogens with one attached hydrogen (secondary N) is 1. The molecule has 0 aliphatic carbocycles. The molecule has 25 heavy (non-hydrogen) atoms. The molecule has 0 bridgehead atoms. The van der Waals surface area contributed by atoms with E-state index in [-0.39, 0.29) is 28.0 Å². The highest BCUT2D eigenvalue weighted by Crippen LogP contribution is 2.35. The van der Waals surface area contributed by atoms with Gasteiger partial charge in [-0.25, -0.2) is 16.8 Å². The molecule has 10 heteroatoms. The largest absolute Gasteiger partial charge is 0.495 e. The molecule has 1 aliphatic rings. The van der Waals surface area contributed by atoms with Crippen molar-refractivity contribution in [2.45, 2.75) is 9.79 Å². The molecule has 1 aliphatic heterocycles. The Morgan fingerprint density at radius 2 is 1.72 bits per heavy atom. The van der Waals surface area contributed by atoms with Gasteiger partial charge in [0, 0.05) is 12.3 Å². The van der Waals surface area contributed by atoms with Gasteiger partial charge in [0.05, 0.1) is 17.7 Å². The van der Waals surface area contributed by atoms with Gasteiger partial charge in [0.1, 0.15) is 10.6 Å². The fourth-order valence-electron chi connectivity index (χ4n) is 2.27. The summed E-state index contributed by atoms with van der Waals surface area (Å²) in [6.07, 6.45) is 0.997. The Hall–Kier alpha value is -2.46. The summed E-state index contributed by atoms with van der Waals surface area (Å²) in [5, 5.41) is 0. The molecule has 3 rings (SSSR count). The van der Waals surface area contributed by atoms with Gasteiger partial charge in [0.15, 0.2) is 21.3 Å². The fourth-order valence-corrected chi connectivity index (χ4v) is 4.24. The van der Waals surface area contributed by atoms with Gasteiger partial charge in [-0.1, -0.05) is 0 Å². The molecule has 0 spiro atoms. The third-order valence-corrected chi connectivity index (χ3v) is 5.99. The number of sulfonamides is 1. The number of sulfone groups is 1. The van der Waals surface area contributed by atoms with E-state index in [1.54, 1.807) is 6.07 Å². The van der Waals surface area contributed by atoms with Gasteiger partial charge in [0.25, 0.3) is 10.0 Å². The number of fused-ring (bicyclic) bond motifs is 1. The van der Waals surface area contributed by atoms with Crippen LogP contribution in [0.25, 0.3) is 0 Å². The van der Waals surface area contributed by atoms with E-state index in [1.807, 2.05) is 0 Å². The molecule has 2 aromatic rings. The van der Waals surface area contributed by atoms with Gasteiger partial charge in [-0.15, -0.1) is 0 Å². The third-order valence-electron chi connectivity index (χ3n) is 3.48. The van der Waals surface area contributed by atoms with E-state index in [1.165, 1.54) is 31.4 Å². The molecule has 8 nitrogen and oxygen atoms in total. The maximum Gasteiger partial charge on any atom is 0.265 e. The summed E-state index contributed by atoms with van der Waals surface area (Å²) in [5.74, 6) is 0.956. The van der Waals surface area contributed by atoms with Crippen LogP contribution in [0.3, 0.4) is 0 Å². The summed E-state index contributed by atoms with van der Waals surface area (Å²) in [4.78, 5) is -0.407. The first-order valence-corrected chi connectivity index (χ1v) is 10.4. The van der Waals surface area contributed by atoms with E-state index in [0.717, 1.165) is 12.3 Å². The Balaban J connectivity index is 2.02. The molecule has 1 N–H and O–H groups in total. The van der Waals surface area contributed by atoms with Crippen LogP contribution in [-0.4, -0.2) is 37.0 Å². The predicted molar refractivity (Wildman–Crippen MR) is 89.5 cm³/mol. The van der Waals surface area contributed by atoms with Crippen molar-refractivity contribution < 1.29 is 31.0 Å². The number of hydrogen-bond acceptors (Lipinski definition) is 7. The Morgan fingerprint density at radius 3 is 2.40 bits per heavy atom. The van der Waals surface area contributed by atoms with E-state index in [2.05, 4.69) is 4.72 Å². The van der Waals surface area contributed by atoms with Crippen LogP contribution in [0.15, 0.2) is 46.2 Å². The second-order valence-corrected chi connectivity index (χ2v) is 8.92. The number of methoxy groups -OCH3 is 1. The predicted octanol–water partition coefficient (Wildman–Crippen LogP) is 1.63. The Kier molecular flexibility index (Phi) is 4.25. The quantitative estimate of drug-likeness (QED) is 0.833. The highest BCUT2D eigenvalue weighted by Gasteiger charge is 2.23. The van der Waals surface area contributed by atoms with Gasteiger partial charge in [-0.3, -0.25) is 4.72 Å². The normalized spacial score (nSPS) is 13.5. The molecule has 1 heterocycles. The van der Waals surface area contributed by atoms with Crippen LogP contribution in [-0.2, 0) is 19.9 Å². The molecule has 0 radical (unpaired) electrons. The van der Waals surface area contributed by atoms with Gasteiger partial charge in [0.2, 0.25) is 6.79 Å². The minimum Gasteiger partial charge on any atom is -0.495 e. The standard InChI is InChI=1S/C15H15NO7S2/c1-21-13-6-4-11(24(2,17)18)8-15(13)25(19,20)16-10-3-5-12-14(7-10)23-9-22-12/h3-8,16H,9H2,1-2H3. The number of rotatable bonds is 5. The smallest absolute Gasteiger partial charge is 0.265 e. The molecule has 0 amide bonds. The van der Waals surface area contributed by atoms with E-state index in [0.29, 0.717) is 11.5 Å². The van der Waals surface area contributed by atoms with Gasteiger partial charge in [-0.05, 0) is 30.3 Å². The molecule has 134 valence electrons. The van der Waals surface area contributed by atoms with Crippen LogP contribution in [0.5, 0.6) is 17.2 Å². The number of hydrogen-bond donors (Lipinski definition) is 1. The maximum atomic E-state index is 12.7. The van der Waals surface area contributed by atoms with Crippen LogP contribution in [0.4, 0.5) is 5.69 Å². The lowest BCUT2D eigenvalue weighted by molar-refractivity contribution is 0.174. The molecule has 0 atom stereocenters. The summed E-state index contributed by atoms with van der Waals surface area (Å²) in [6.45, 7) is 0.0652. The Bertz CT molecular complexity index is 1030. The minimum atomic E-state index is -4.09. The van der Waals surface area contributed by atoms with Crippen LogP contribution >= 0.6 is 0 Å². The first-order valence-electron chi connectivity index (χ1n) is 7.01. The van der Waals surface area contributed by atoms with Gasteiger partial charge in [-0.2, -0.15) is 0 Å². The zero-order valence-corrected chi connectivity index (χ0v) is 15.0. The lowest BCUT2D eigenvalue weighted by Crippen LogP contribution is -2.15. The number of benzene rings is 2. The highest BCUT2D eigenvalue weighted by atomic mass is 32.2. The van der Waals surface area contributed by atoms with E-state index in [4.69, 9.17) is 14.2 Å². The second kappa shape index (κ2) is 6.12. The summed E-state index contributed by atoms with van der Waals surface area (Å²) in [6, 6.07) is 8.21. The zero-order valence-electron chi connectivity index (χ0n) is 13.3. The summed E-state index contributed by atoms with van der Waals surface area (Å²) in [5.41, 5.74) is 0.246. The fraction of sp³-hybridized carbons (Fsp3) is 0.200. The maximum absolute atomic E-state index is 12.7. The number of anilines is 1. The molecular formula is C15H15NO7S2. The van der Waals surface area contributed by atoms with Crippen molar-refractivity contribution in [3.05, 3.63) is 36.4 Å². The van der Waals surface area contributed by atoms with Gasteiger partial charge < -0.3 is 14.2 Å². The van der Waals surface area contributed by atoms with Crippen LogP contribution in [0.1, 0.15) is 0 Å². The molecule has 0 fully saturated rings. The van der Waals surface area contributed by atoms with Crippen molar-refractivity contribution >= 4 is 25.5 Å². The summed E-state index contributed by atoms with van der Waals surface area (Å²) in [7, 11) is -6.37. The monoisotopic (exact) mass is 385 g/mol. The average Bonchev–Trinajstić information content (AvgIpc) is 3.00. The summed E-state index contributed by atoms with van der Waals surface area (Å²) < 4.78 is 66.6. The van der Waals surface area contributed by atoms with Crippen molar-refractivity contribution in [2.24, 2.45) is 0 Å². The lowest BCUT2D eigenvalue weighted by Gasteiger charge is -2.13. The molecule has 0 saturated carbocycles. The summed E-state index contributed by atoms with van der Waals surface area (Å²) >= 11 is 0. The van der Waals surface area contributed by atoms with E-state index >= 15 is 0 Å². The topological polar surface area (TPSA) is 108 Å². The first-order chi connectivity index (χ1) is 11.7. The average molecular weight is 385 g/mol. The molecule has 2 aromatic carbocycles. The SMILES string of the molecule is COc1ccc(S(C)(=O)=O)cc1S(=O)(=O)Nc1ccc2c(c1)OCO2. The van der Waals surface area contributed by atoms with E-state index in [9.17, 15) is 16.8 Å². The number of ether oxygens (including phenoxy) is 3. The lowest BCUT2D eigenvalue weighted by atomic mass is 10.3.